The average Bonchev–Trinajstić information content (AvgIpc) is 2.58. The number of rotatable bonds is 12. The molecule has 2 nitrogen and oxygen atoms in total. The van der Waals surface area contributed by atoms with Crippen LogP contribution in [-0.2, 0) is 6.18 Å². The molecule has 0 radical (unpaired) electrons. The first-order valence-corrected chi connectivity index (χ1v) is 9.51. The van der Waals surface area contributed by atoms with Crippen LogP contribution >= 0.6 is 0 Å². The molecule has 0 fully saturated rings. The number of unbranched alkanes of at least 4 members (excludes halogenated alkanes) is 9. The van der Waals surface area contributed by atoms with Crippen molar-refractivity contribution in [1.82, 2.24) is 5.32 Å². The largest absolute Gasteiger partial charge is 0.417 e. The maximum atomic E-state index is 13.7. The van der Waals surface area contributed by atoms with Crippen LogP contribution in [0.4, 0.5) is 17.6 Å². The molecule has 1 N–H and O–H groups in total. The fraction of sp³-hybridized carbons (Fsp3) is 0.650. The molecule has 0 aliphatic carbocycles. The molecule has 0 saturated carbocycles. The molecule has 6 heteroatoms. The third-order valence-electron chi connectivity index (χ3n) is 4.36. The van der Waals surface area contributed by atoms with Gasteiger partial charge in [-0.05, 0) is 18.6 Å². The molecular formula is C20H29F4NO. The van der Waals surface area contributed by atoms with Crippen LogP contribution in [0.2, 0.25) is 0 Å². The summed E-state index contributed by atoms with van der Waals surface area (Å²) < 4.78 is 52.4. The number of halogens is 4. The van der Waals surface area contributed by atoms with Crippen LogP contribution in [0.3, 0.4) is 0 Å². The summed E-state index contributed by atoms with van der Waals surface area (Å²) in [7, 11) is 0. The lowest BCUT2D eigenvalue weighted by molar-refractivity contribution is -0.138. The monoisotopic (exact) mass is 375 g/mol. The topological polar surface area (TPSA) is 29.1 Å². The molecule has 0 heterocycles. The van der Waals surface area contributed by atoms with Crippen molar-refractivity contribution >= 4 is 5.91 Å². The van der Waals surface area contributed by atoms with Crippen molar-refractivity contribution in [3.63, 3.8) is 0 Å². The summed E-state index contributed by atoms with van der Waals surface area (Å²) in [4.78, 5) is 11.9. The van der Waals surface area contributed by atoms with Gasteiger partial charge in [0.25, 0.3) is 5.91 Å². The molecule has 0 atom stereocenters. The fourth-order valence-corrected chi connectivity index (χ4v) is 2.89. The molecule has 0 saturated heterocycles. The van der Waals surface area contributed by atoms with E-state index in [0.717, 1.165) is 37.5 Å². The standard InChI is InChI=1S/C20H29F4NO/c1-2-3-4-5-6-7-8-9-10-11-15-25-19(26)18-16(20(22,23)24)13-12-14-17(18)21/h12-14H,2-11,15H2,1H3,(H,25,26). The summed E-state index contributed by atoms with van der Waals surface area (Å²) >= 11 is 0. The Hall–Kier alpha value is -1.59. The predicted molar refractivity (Wildman–Crippen MR) is 95.6 cm³/mol. The zero-order chi connectivity index (χ0) is 19.4. The van der Waals surface area contributed by atoms with Crippen LogP contribution in [0, 0.1) is 5.82 Å². The van der Waals surface area contributed by atoms with Gasteiger partial charge < -0.3 is 5.32 Å². The highest BCUT2D eigenvalue weighted by Gasteiger charge is 2.36. The minimum atomic E-state index is -4.76. The minimum Gasteiger partial charge on any atom is -0.352 e. The van der Waals surface area contributed by atoms with Crippen molar-refractivity contribution in [3.8, 4) is 0 Å². The van der Waals surface area contributed by atoms with Gasteiger partial charge >= 0.3 is 6.18 Å². The van der Waals surface area contributed by atoms with Crippen LogP contribution < -0.4 is 5.32 Å². The lowest BCUT2D eigenvalue weighted by Gasteiger charge is -2.13. The highest BCUT2D eigenvalue weighted by molar-refractivity contribution is 5.96. The lowest BCUT2D eigenvalue weighted by atomic mass is 10.1. The Morgan fingerprint density at radius 2 is 1.46 bits per heavy atom. The number of carbonyl (C=O) groups is 1. The van der Waals surface area contributed by atoms with E-state index in [0.29, 0.717) is 6.42 Å². The molecule has 1 amide bonds. The summed E-state index contributed by atoms with van der Waals surface area (Å²) in [6, 6.07) is 2.54. The van der Waals surface area contributed by atoms with Crippen LogP contribution in [0.1, 0.15) is 87.1 Å². The molecule has 0 aliphatic rings. The highest BCUT2D eigenvalue weighted by Crippen LogP contribution is 2.32. The first kappa shape index (κ1) is 22.5. The normalized spacial score (nSPS) is 11.6. The molecule has 0 bridgehead atoms. The van der Waals surface area contributed by atoms with E-state index < -0.39 is 29.0 Å². The van der Waals surface area contributed by atoms with Gasteiger partial charge in [0.2, 0.25) is 0 Å². The Labute approximate surface area is 153 Å². The summed E-state index contributed by atoms with van der Waals surface area (Å²) in [5, 5.41) is 2.40. The van der Waals surface area contributed by atoms with Gasteiger partial charge in [-0.1, -0.05) is 70.8 Å². The van der Waals surface area contributed by atoms with Gasteiger partial charge in [-0.15, -0.1) is 0 Å². The first-order chi connectivity index (χ1) is 12.4. The predicted octanol–water partition coefficient (Wildman–Crippen LogP) is 6.50. The number of carbonyl (C=O) groups excluding carboxylic acids is 1. The Morgan fingerprint density at radius 3 is 2.00 bits per heavy atom. The fourth-order valence-electron chi connectivity index (χ4n) is 2.89. The number of nitrogens with one attached hydrogen (secondary N) is 1. The zero-order valence-corrected chi connectivity index (χ0v) is 15.4. The van der Waals surface area contributed by atoms with Crippen LogP contribution in [0.15, 0.2) is 18.2 Å². The lowest BCUT2D eigenvalue weighted by Crippen LogP contribution is -2.28. The van der Waals surface area contributed by atoms with Crippen molar-refractivity contribution in [2.45, 2.75) is 77.3 Å². The van der Waals surface area contributed by atoms with E-state index in [1.807, 2.05) is 0 Å². The third kappa shape index (κ3) is 8.19. The summed E-state index contributed by atoms with van der Waals surface area (Å²) in [5.41, 5.74) is -2.16. The zero-order valence-electron chi connectivity index (χ0n) is 15.4. The molecule has 1 aromatic carbocycles. The van der Waals surface area contributed by atoms with E-state index in [1.54, 1.807) is 0 Å². The van der Waals surface area contributed by atoms with E-state index >= 15 is 0 Å². The third-order valence-corrected chi connectivity index (χ3v) is 4.36. The van der Waals surface area contributed by atoms with E-state index in [9.17, 15) is 22.4 Å². The molecule has 0 spiro atoms. The number of amides is 1. The smallest absolute Gasteiger partial charge is 0.352 e. The minimum absolute atomic E-state index is 0.251. The summed E-state index contributed by atoms with van der Waals surface area (Å²) in [5.74, 6) is -2.16. The molecule has 26 heavy (non-hydrogen) atoms. The molecule has 1 rings (SSSR count). The van der Waals surface area contributed by atoms with Crippen LogP contribution in [-0.4, -0.2) is 12.5 Å². The van der Waals surface area contributed by atoms with Gasteiger partial charge in [0, 0.05) is 6.54 Å². The van der Waals surface area contributed by atoms with E-state index in [-0.39, 0.29) is 6.54 Å². The van der Waals surface area contributed by atoms with Crippen molar-refractivity contribution in [3.05, 3.63) is 35.1 Å². The molecule has 0 aromatic heterocycles. The van der Waals surface area contributed by atoms with Gasteiger partial charge in [-0.2, -0.15) is 13.2 Å². The number of hydrogen-bond acceptors (Lipinski definition) is 1. The molecule has 0 aliphatic heterocycles. The van der Waals surface area contributed by atoms with Crippen LogP contribution in [0.5, 0.6) is 0 Å². The average molecular weight is 375 g/mol. The highest BCUT2D eigenvalue weighted by atomic mass is 19.4. The van der Waals surface area contributed by atoms with Crippen molar-refractivity contribution in [1.29, 1.82) is 0 Å². The Kier molecular flexibility index (Phi) is 10.3. The molecule has 0 unspecified atom stereocenters. The Morgan fingerprint density at radius 1 is 0.923 bits per heavy atom. The van der Waals surface area contributed by atoms with Gasteiger partial charge in [0.15, 0.2) is 0 Å². The second kappa shape index (κ2) is 11.9. The van der Waals surface area contributed by atoms with Gasteiger partial charge in [0.05, 0.1) is 11.1 Å². The first-order valence-electron chi connectivity index (χ1n) is 9.51. The Balaban J connectivity index is 2.26. The molecule has 148 valence electrons. The summed E-state index contributed by atoms with van der Waals surface area (Å²) in [6.07, 6.45) is 6.52. The second-order valence-corrected chi connectivity index (χ2v) is 6.60. The molecule has 1 aromatic rings. The maximum Gasteiger partial charge on any atom is 0.417 e. The van der Waals surface area contributed by atoms with Gasteiger partial charge in [-0.3, -0.25) is 4.79 Å². The second-order valence-electron chi connectivity index (χ2n) is 6.60. The van der Waals surface area contributed by atoms with E-state index in [4.69, 9.17) is 0 Å². The SMILES string of the molecule is CCCCCCCCCCCCNC(=O)c1c(F)cccc1C(F)(F)F. The van der Waals surface area contributed by atoms with E-state index in [2.05, 4.69) is 12.2 Å². The number of alkyl halides is 3. The maximum absolute atomic E-state index is 13.7. The number of hydrogen-bond donors (Lipinski definition) is 1. The Bertz CT molecular complexity index is 543. The van der Waals surface area contributed by atoms with Crippen molar-refractivity contribution < 1.29 is 22.4 Å². The summed E-state index contributed by atoms with van der Waals surface area (Å²) in [6.45, 7) is 2.44. The van der Waals surface area contributed by atoms with Crippen molar-refractivity contribution in [2.75, 3.05) is 6.54 Å². The molecular weight excluding hydrogens is 346 g/mol. The van der Waals surface area contributed by atoms with Gasteiger partial charge in [0.1, 0.15) is 5.82 Å². The van der Waals surface area contributed by atoms with Crippen molar-refractivity contribution in [2.24, 2.45) is 0 Å². The number of benzene rings is 1. The van der Waals surface area contributed by atoms with Crippen LogP contribution in [0.25, 0.3) is 0 Å². The quantitative estimate of drug-likeness (QED) is 0.328. The van der Waals surface area contributed by atoms with E-state index in [1.165, 1.54) is 38.5 Å². The van der Waals surface area contributed by atoms with Gasteiger partial charge in [-0.25, -0.2) is 4.39 Å².